The molecule has 0 saturated carbocycles. The molecular weight excluding hydrogens is 802 g/mol. The molecule has 1 N–H and O–H groups in total. The van der Waals surface area contributed by atoms with E-state index in [1.54, 1.807) is 6.07 Å². The molecule has 8 nitrogen and oxygen atoms in total. The zero-order valence-corrected chi connectivity index (χ0v) is 28.3. The topological polar surface area (TPSA) is 85.0 Å². The van der Waals surface area contributed by atoms with Gasteiger partial charge in [-0.05, 0) is 53.0 Å². The van der Waals surface area contributed by atoms with Crippen LogP contribution in [0.25, 0.3) is 77.9 Å². The van der Waals surface area contributed by atoms with Crippen molar-refractivity contribution in [3.05, 3.63) is 139 Å². The first-order valence-electron chi connectivity index (χ1n) is 16.3. The smallest absolute Gasteiger partial charge is 0.220 e. The number of hydrogen-bond donors (Lipinski definition) is 1. The Bertz CT molecular complexity index is 3150. The molecule has 9 heteroatoms. The number of phenolic OH excluding ortho intramolecular Hbond substituents is 1. The molecule has 0 saturated heterocycles. The van der Waals surface area contributed by atoms with Gasteiger partial charge in [0.2, 0.25) is 5.78 Å². The van der Waals surface area contributed by atoms with Crippen LogP contribution >= 0.6 is 0 Å². The van der Waals surface area contributed by atoms with Crippen molar-refractivity contribution in [2.75, 3.05) is 0 Å². The van der Waals surface area contributed by atoms with Gasteiger partial charge in [0.1, 0.15) is 28.6 Å². The number of phenols is 1. The third-order valence-corrected chi connectivity index (χ3v) is 10.2. The summed E-state index contributed by atoms with van der Waals surface area (Å²) in [7, 11) is 0. The average Bonchev–Trinajstić information content (AvgIpc) is 3.91. The molecule has 6 heterocycles. The maximum absolute atomic E-state index is 11.1. The number of para-hydroxylation sites is 5. The summed E-state index contributed by atoms with van der Waals surface area (Å²) in [6, 6.07) is 44.8. The van der Waals surface area contributed by atoms with Crippen molar-refractivity contribution >= 4 is 67.0 Å². The van der Waals surface area contributed by atoms with Crippen molar-refractivity contribution in [3.63, 3.8) is 0 Å². The molecule has 6 aromatic carbocycles. The second kappa shape index (κ2) is 9.74. The minimum absolute atomic E-state index is 0. The normalized spacial score (nSPS) is 14.6. The van der Waals surface area contributed by atoms with E-state index in [1.165, 1.54) is 0 Å². The van der Waals surface area contributed by atoms with Crippen LogP contribution in [-0.4, -0.2) is 39.3 Å². The Kier molecular flexibility index (Phi) is 5.42. The summed E-state index contributed by atoms with van der Waals surface area (Å²) >= 11 is 0. The molecule has 0 amide bonds. The van der Waals surface area contributed by atoms with Gasteiger partial charge in [0, 0.05) is 43.2 Å². The molecule has 238 valence electrons. The number of rotatable bonds is 1. The van der Waals surface area contributed by atoms with Gasteiger partial charge in [0.25, 0.3) is 0 Å². The Morgan fingerprint density at radius 1 is 0.620 bits per heavy atom. The number of aromatic nitrogens is 6. The molecule has 0 spiro atoms. The van der Waals surface area contributed by atoms with Crippen molar-refractivity contribution in [2.45, 2.75) is 5.92 Å². The first-order valence-corrected chi connectivity index (χ1v) is 16.3. The Morgan fingerprint density at radius 3 is 2.32 bits per heavy atom. The Balaban J connectivity index is 0.00000300. The summed E-state index contributed by atoms with van der Waals surface area (Å²) in [6.45, 7) is 0. The number of aromatic hydroxyl groups is 1. The van der Waals surface area contributed by atoms with Gasteiger partial charge in [0.15, 0.2) is 0 Å². The van der Waals surface area contributed by atoms with Crippen molar-refractivity contribution in [1.29, 1.82) is 0 Å². The first kappa shape index (κ1) is 27.8. The third kappa shape index (κ3) is 3.38. The summed E-state index contributed by atoms with van der Waals surface area (Å²) in [5.74, 6) is 2.50. The molecule has 10 aromatic rings. The molecule has 12 rings (SSSR count). The van der Waals surface area contributed by atoms with Crippen LogP contribution in [0.2, 0.25) is 0 Å². The molecule has 0 bridgehead atoms. The van der Waals surface area contributed by atoms with Gasteiger partial charge < -0.3 is 5.11 Å². The molecule has 1 atom stereocenters. The molecular formula is C41H22N7OPt-. The molecule has 2 aliphatic rings. The second-order valence-electron chi connectivity index (χ2n) is 12.8. The summed E-state index contributed by atoms with van der Waals surface area (Å²) in [5, 5.41) is 12.1. The fraction of sp³-hybridized carbons (Fsp3) is 0.0244. The maximum atomic E-state index is 11.1. The van der Waals surface area contributed by atoms with Crippen LogP contribution in [0.5, 0.6) is 5.75 Å². The minimum Gasteiger partial charge on any atom is -0.506 e. The predicted molar refractivity (Wildman–Crippen MR) is 192 cm³/mol. The molecule has 1 unspecified atom stereocenters. The van der Waals surface area contributed by atoms with Gasteiger partial charge in [-0.2, -0.15) is 0 Å². The van der Waals surface area contributed by atoms with Crippen LogP contribution in [0.15, 0.2) is 126 Å². The van der Waals surface area contributed by atoms with E-state index < -0.39 is 0 Å². The van der Waals surface area contributed by atoms with Gasteiger partial charge in [-0.25, -0.2) is 15.0 Å². The Hall–Kier alpha value is -6.11. The van der Waals surface area contributed by atoms with E-state index in [9.17, 15) is 5.11 Å². The van der Waals surface area contributed by atoms with E-state index in [0.717, 1.165) is 95.1 Å². The van der Waals surface area contributed by atoms with Crippen molar-refractivity contribution in [2.24, 2.45) is 4.99 Å². The summed E-state index contributed by atoms with van der Waals surface area (Å²) in [4.78, 5) is 20.6. The van der Waals surface area contributed by atoms with Gasteiger partial charge in [-0.15, -0.1) is 23.8 Å². The molecule has 4 aromatic heterocycles. The van der Waals surface area contributed by atoms with Crippen LogP contribution in [0, 0.1) is 6.07 Å². The van der Waals surface area contributed by atoms with Gasteiger partial charge in [0.05, 0.1) is 28.0 Å². The predicted octanol–water partition coefficient (Wildman–Crippen LogP) is 8.67. The van der Waals surface area contributed by atoms with E-state index in [-0.39, 0.29) is 32.7 Å². The SMILES string of the molecule is Oc1cccc2nc3n(c12)C1=Nc2c(-c4[c-]c5c(cc4)nc4c6ccccc6n6c7ccccc7nc6n54)cccc2C1c1ccccc1-3.[Pt]. The van der Waals surface area contributed by atoms with Crippen molar-refractivity contribution < 1.29 is 26.2 Å². The minimum atomic E-state index is -0.112. The number of fused-ring (bicyclic) bond motifs is 20. The fourth-order valence-electron chi connectivity index (χ4n) is 8.20. The van der Waals surface area contributed by atoms with E-state index >= 15 is 0 Å². The zero-order chi connectivity index (χ0) is 32.0. The number of nitrogens with zero attached hydrogens (tertiary/aromatic N) is 7. The molecule has 0 fully saturated rings. The molecule has 50 heavy (non-hydrogen) atoms. The number of benzene rings is 6. The first-order chi connectivity index (χ1) is 24.2. The fourth-order valence-corrected chi connectivity index (χ4v) is 8.20. The molecule has 0 aliphatic carbocycles. The Morgan fingerprint density at radius 2 is 1.38 bits per heavy atom. The molecule has 2 aliphatic heterocycles. The maximum Gasteiger partial charge on any atom is 0.220 e. The third-order valence-electron chi connectivity index (χ3n) is 10.2. The van der Waals surface area contributed by atoms with E-state index in [0.29, 0.717) is 5.52 Å². The Labute approximate surface area is 297 Å². The quantitative estimate of drug-likeness (QED) is 0.168. The summed E-state index contributed by atoms with van der Waals surface area (Å²) in [5.41, 5.74) is 13.1. The largest absolute Gasteiger partial charge is 0.506 e. The summed E-state index contributed by atoms with van der Waals surface area (Å²) < 4.78 is 6.40. The summed E-state index contributed by atoms with van der Waals surface area (Å²) in [6.07, 6.45) is 0. The average molecular weight is 824 g/mol. The van der Waals surface area contributed by atoms with Gasteiger partial charge in [-0.3, -0.25) is 18.4 Å². The van der Waals surface area contributed by atoms with E-state index in [1.807, 2.05) is 28.8 Å². The standard InChI is InChI=1S/C41H22N7O.Pt/c49-34-18-8-15-30-37(34)48-38(43-30)25-10-2-1-9-24(25)35-27-13-7-12-23(36(27)45-40(35)48)22-19-20-29-33(21-22)47-39(42-29)26-11-3-5-16-31(26)46-32-17-6-4-14-28(32)44-41(46)47;/h1-20,35,49H;/q-1;. The van der Waals surface area contributed by atoms with E-state index in [4.69, 9.17) is 19.9 Å². The van der Waals surface area contributed by atoms with Gasteiger partial charge in [-0.1, -0.05) is 78.4 Å². The zero-order valence-electron chi connectivity index (χ0n) is 26.0. The van der Waals surface area contributed by atoms with Crippen LogP contribution < -0.4 is 0 Å². The van der Waals surface area contributed by atoms with Crippen molar-refractivity contribution in [1.82, 2.24) is 28.3 Å². The number of imidazole rings is 3. The molecule has 0 radical (unpaired) electrons. The van der Waals surface area contributed by atoms with Gasteiger partial charge >= 0.3 is 0 Å². The number of hydrogen-bond acceptors (Lipinski definition) is 5. The van der Waals surface area contributed by atoms with Crippen LogP contribution in [0.4, 0.5) is 5.69 Å². The van der Waals surface area contributed by atoms with Crippen molar-refractivity contribution in [3.8, 4) is 28.3 Å². The monoisotopic (exact) mass is 823 g/mol. The van der Waals surface area contributed by atoms with Crippen LogP contribution in [-0.2, 0) is 21.1 Å². The van der Waals surface area contributed by atoms with Crippen LogP contribution in [0.1, 0.15) is 17.0 Å². The number of aliphatic imine (C=N–C) groups is 1. The second-order valence-corrected chi connectivity index (χ2v) is 12.8. The van der Waals surface area contributed by atoms with Crippen LogP contribution in [0.3, 0.4) is 0 Å². The van der Waals surface area contributed by atoms with E-state index in [2.05, 4.69) is 106 Å².